The molecule has 0 aliphatic heterocycles. The first-order valence-electron chi connectivity index (χ1n) is 6.43. The maximum atomic E-state index is 11.0. The number of ether oxygens (including phenoxy) is 1. The number of anilines is 1. The molecule has 100 valence electrons. The highest BCUT2D eigenvalue weighted by Gasteiger charge is 2.04. The summed E-state index contributed by atoms with van der Waals surface area (Å²) in [5.74, 6) is -0.119. The maximum absolute atomic E-state index is 11.0. The number of methoxy groups -OCH3 is 1. The highest BCUT2D eigenvalue weighted by Crippen LogP contribution is 2.22. The quantitative estimate of drug-likeness (QED) is 0.621. The number of carbonyl (C=O) groups is 1. The van der Waals surface area contributed by atoms with Gasteiger partial charge in [0.05, 0.1) is 7.11 Å². The molecule has 3 heteroatoms. The van der Waals surface area contributed by atoms with Crippen molar-refractivity contribution in [3.63, 3.8) is 0 Å². The maximum Gasteiger partial charge on any atom is 0.305 e. The summed E-state index contributed by atoms with van der Waals surface area (Å²) in [5, 5.41) is 3.22. The summed E-state index contributed by atoms with van der Waals surface area (Å²) >= 11 is 0. The molecule has 0 aromatic heterocycles. The molecule has 1 N–H and O–H groups in total. The number of esters is 1. The summed E-state index contributed by atoms with van der Waals surface area (Å²) in [6.45, 7) is 4.26. The molecule has 0 aliphatic rings. The molecule has 3 nitrogen and oxygen atoms in total. The van der Waals surface area contributed by atoms with Gasteiger partial charge in [-0.25, -0.2) is 0 Å². The molecule has 1 aromatic carbocycles. The molecular weight excluding hydrogens is 226 g/mol. The first-order valence-corrected chi connectivity index (χ1v) is 6.43. The summed E-state index contributed by atoms with van der Waals surface area (Å²) < 4.78 is 4.62. The Bertz CT molecular complexity index is 413. The van der Waals surface area contributed by atoms with Crippen LogP contribution >= 0.6 is 0 Å². The standard InChI is InChI=1S/C15H23NO2/c1-11-9-13(10-14(16-3)12(11)2)7-5-6-8-15(17)18-4/h9-10,16H,5-8H2,1-4H3. The van der Waals surface area contributed by atoms with E-state index in [0.717, 1.165) is 19.3 Å². The molecular formula is C15H23NO2. The van der Waals surface area contributed by atoms with Gasteiger partial charge in [0, 0.05) is 19.2 Å². The minimum atomic E-state index is -0.119. The largest absolute Gasteiger partial charge is 0.469 e. The molecule has 1 rings (SSSR count). The smallest absolute Gasteiger partial charge is 0.305 e. The zero-order valence-corrected chi connectivity index (χ0v) is 11.8. The Balaban J connectivity index is 2.52. The van der Waals surface area contributed by atoms with Gasteiger partial charge in [-0.2, -0.15) is 0 Å². The summed E-state index contributed by atoms with van der Waals surface area (Å²) in [4.78, 5) is 11.0. The third-order valence-corrected chi connectivity index (χ3v) is 3.32. The molecule has 0 unspecified atom stereocenters. The van der Waals surface area contributed by atoms with Gasteiger partial charge in [0.1, 0.15) is 0 Å². The van der Waals surface area contributed by atoms with Crippen LogP contribution in [0.3, 0.4) is 0 Å². The minimum absolute atomic E-state index is 0.119. The molecule has 0 fully saturated rings. The summed E-state index contributed by atoms with van der Waals surface area (Å²) in [6, 6.07) is 4.43. The van der Waals surface area contributed by atoms with E-state index in [1.165, 1.54) is 29.5 Å². The molecule has 0 amide bonds. The number of nitrogens with one attached hydrogen (secondary N) is 1. The zero-order chi connectivity index (χ0) is 13.5. The van der Waals surface area contributed by atoms with Gasteiger partial charge in [-0.15, -0.1) is 0 Å². The van der Waals surface area contributed by atoms with Crippen LogP contribution in [0.4, 0.5) is 5.69 Å². The van der Waals surface area contributed by atoms with Gasteiger partial charge >= 0.3 is 5.97 Å². The Labute approximate surface area is 110 Å². The van der Waals surface area contributed by atoms with Crippen molar-refractivity contribution in [1.29, 1.82) is 0 Å². The van der Waals surface area contributed by atoms with Gasteiger partial charge in [-0.05, 0) is 55.9 Å². The first kappa shape index (κ1) is 14.6. The lowest BCUT2D eigenvalue weighted by Crippen LogP contribution is -2.00. The van der Waals surface area contributed by atoms with Gasteiger partial charge in [0.25, 0.3) is 0 Å². The van der Waals surface area contributed by atoms with E-state index in [1.807, 2.05) is 7.05 Å². The Morgan fingerprint density at radius 2 is 2.00 bits per heavy atom. The van der Waals surface area contributed by atoms with Gasteiger partial charge in [-0.3, -0.25) is 4.79 Å². The molecule has 0 atom stereocenters. The number of aryl methyl sites for hydroxylation is 2. The van der Waals surface area contributed by atoms with Crippen molar-refractivity contribution in [2.75, 3.05) is 19.5 Å². The highest BCUT2D eigenvalue weighted by molar-refractivity contribution is 5.69. The number of hydrogen-bond acceptors (Lipinski definition) is 3. The molecule has 0 saturated heterocycles. The molecule has 0 radical (unpaired) electrons. The Hall–Kier alpha value is -1.51. The summed E-state index contributed by atoms with van der Waals surface area (Å²) in [5.41, 5.74) is 5.13. The van der Waals surface area contributed by atoms with Crippen molar-refractivity contribution >= 4 is 11.7 Å². The molecule has 0 aliphatic carbocycles. The Morgan fingerprint density at radius 3 is 2.61 bits per heavy atom. The van der Waals surface area contributed by atoms with Crippen LogP contribution in [0.2, 0.25) is 0 Å². The minimum Gasteiger partial charge on any atom is -0.469 e. The Kier molecular flexibility index (Phi) is 5.69. The molecule has 0 heterocycles. The molecule has 0 spiro atoms. The monoisotopic (exact) mass is 249 g/mol. The fraction of sp³-hybridized carbons (Fsp3) is 0.533. The summed E-state index contributed by atoms with van der Waals surface area (Å²) in [7, 11) is 3.38. The molecule has 1 aromatic rings. The van der Waals surface area contributed by atoms with E-state index < -0.39 is 0 Å². The van der Waals surface area contributed by atoms with E-state index in [9.17, 15) is 4.79 Å². The van der Waals surface area contributed by atoms with Gasteiger partial charge < -0.3 is 10.1 Å². The number of rotatable bonds is 6. The highest BCUT2D eigenvalue weighted by atomic mass is 16.5. The second-order valence-corrected chi connectivity index (χ2v) is 4.62. The summed E-state index contributed by atoms with van der Waals surface area (Å²) in [6.07, 6.45) is 3.42. The fourth-order valence-corrected chi connectivity index (χ4v) is 2.04. The lowest BCUT2D eigenvalue weighted by atomic mass is 10.00. The van der Waals surface area contributed by atoms with E-state index in [0.29, 0.717) is 6.42 Å². The van der Waals surface area contributed by atoms with Crippen LogP contribution in [0, 0.1) is 13.8 Å². The molecule has 0 bridgehead atoms. The SMILES string of the molecule is CNc1cc(CCCCC(=O)OC)cc(C)c1C. The van der Waals surface area contributed by atoms with Crippen molar-refractivity contribution in [2.24, 2.45) is 0 Å². The van der Waals surface area contributed by atoms with Crippen molar-refractivity contribution in [2.45, 2.75) is 39.5 Å². The number of hydrogen-bond donors (Lipinski definition) is 1. The molecule has 18 heavy (non-hydrogen) atoms. The van der Waals surface area contributed by atoms with Crippen molar-refractivity contribution in [3.8, 4) is 0 Å². The van der Waals surface area contributed by atoms with E-state index in [4.69, 9.17) is 0 Å². The van der Waals surface area contributed by atoms with E-state index >= 15 is 0 Å². The van der Waals surface area contributed by atoms with Crippen LogP contribution in [0.25, 0.3) is 0 Å². The fourth-order valence-electron chi connectivity index (χ4n) is 2.04. The van der Waals surface area contributed by atoms with Crippen molar-refractivity contribution < 1.29 is 9.53 Å². The average molecular weight is 249 g/mol. The van der Waals surface area contributed by atoms with Gasteiger partial charge in [-0.1, -0.05) is 6.07 Å². The third-order valence-electron chi connectivity index (χ3n) is 3.32. The lowest BCUT2D eigenvalue weighted by Gasteiger charge is -2.11. The average Bonchev–Trinajstić information content (AvgIpc) is 2.38. The normalized spacial score (nSPS) is 10.2. The van der Waals surface area contributed by atoms with Crippen LogP contribution in [0.15, 0.2) is 12.1 Å². The number of unbranched alkanes of at least 4 members (excludes halogenated alkanes) is 1. The number of carbonyl (C=O) groups excluding carboxylic acids is 1. The van der Waals surface area contributed by atoms with E-state index in [2.05, 4.69) is 36.0 Å². The Morgan fingerprint density at radius 1 is 1.28 bits per heavy atom. The van der Waals surface area contributed by atoms with Crippen LogP contribution in [-0.4, -0.2) is 20.1 Å². The second-order valence-electron chi connectivity index (χ2n) is 4.62. The van der Waals surface area contributed by atoms with E-state index in [1.54, 1.807) is 0 Å². The van der Waals surface area contributed by atoms with Crippen LogP contribution in [0.1, 0.15) is 36.0 Å². The van der Waals surface area contributed by atoms with Gasteiger partial charge in [0.2, 0.25) is 0 Å². The van der Waals surface area contributed by atoms with Crippen molar-refractivity contribution in [3.05, 3.63) is 28.8 Å². The lowest BCUT2D eigenvalue weighted by molar-refractivity contribution is -0.140. The van der Waals surface area contributed by atoms with E-state index in [-0.39, 0.29) is 5.97 Å². The van der Waals surface area contributed by atoms with Crippen LogP contribution in [0.5, 0.6) is 0 Å². The topological polar surface area (TPSA) is 38.3 Å². The van der Waals surface area contributed by atoms with Crippen LogP contribution < -0.4 is 5.32 Å². The predicted molar refractivity (Wildman–Crippen MR) is 75.0 cm³/mol. The molecule has 0 saturated carbocycles. The first-order chi connectivity index (χ1) is 8.58. The number of benzene rings is 1. The third kappa shape index (κ3) is 4.06. The zero-order valence-electron chi connectivity index (χ0n) is 11.8. The van der Waals surface area contributed by atoms with Crippen LogP contribution in [-0.2, 0) is 16.0 Å². The van der Waals surface area contributed by atoms with Gasteiger partial charge in [0.15, 0.2) is 0 Å². The second kappa shape index (κ2) is 7.04. The van der Waals surface area contributed by atoms with Crippen molar-refractivity contribution in [1.82, 2.24) is 0 Å². The predicted octanol–water partition coefficient (Wildman–Crippen LogP) is 3.23.